The molecule has 1 saturated heterocycles. The zero-order valence-corrected chi connectivity index (χ0v) is 15.0. The van der Waals surface area contributed by atoms with Crippen LogP contribution in [-0.2, 0) is 13.0 Å². The molecule has 2 N–H and O–H groups in total. The number of hydrogen-bond acceptors (Lipinski definition) is 4. The van der Waals surface area contributed by atoms with E-state index in [1.54, 1.807) is 10.9 Å². The maximum absolute atomic E-state index is 12.2. The molecule has 1 aliphatic heterocycles. The summed E-state index contributed by atoms with van der Waals surface area (Å²) in [7, 11) is 0. The number of amides is 1. The normalized spacial score (nSPS) is 17.4. The molecule has 0 radical (unpaired) electrons. The summed E-state index contributed by atoms with van der Waals surface area (Å²) >= 11 is 5.96. The number of benzene rings is 1. The molecule has 25 heavy (non-hydrogen) atoms. The van der Waals surface area contributed by atoms with Crippen LogP contribution in [0, 0.1) is 0 Å². The standard InChI is InChI=1S/C18H24ClN5O/c19-15-5-3-4-14(12-15)7-10-21-18(25)17-13-24(23-22-17)11-8-16-6-1-2-9-20-16/h3-5,12-13,16,20H,1-2,6-11H2,(H,21,25). The maximum atomic E-state index is 12.2. The van der Waals surface area contributed by atoms with E-state index < -0.39 is 0 Å². The van der Waals surface area contributed by atoms with Crippen molar-refractivity contribution in [3.63, 3.8) is 0 Å². The average molecular weight is 362 g/mol. The Labute approximate surface area is 152 Å². The molecule has 1 aliphatic rings. The summed E-state index contributed by atoms with van der Waals surface area (Å²) in [6.07, 6.45) is 7.23. The molecule has 1 aromatic heterocycles. The smallest absolute Gasteiger partial charge is 0.273 e. The van der Waals surface area contributed by atoms with E-state index >= 15 is 0 Å². The molecular weight excluding hydrogens is 338 g/mol. The molecule has 0 bridgehead atoms. The lowest BCUT2D eigenvalue weighted by atomic mass is 10.0. The Hall–Kier alpha value is -1.92. The molecule has 1 unspecified atom stereocenters. The highest BCUT2D eigenvalue weighted by atomic mass is 35.5. The number of hydrogen-bond donors (Lipinski definition) is 2. The van der Waals surface area contributed by atoms with E-state index in [1.165, 1.54) is 19.3 Å². The van der Waals surface area contributed by atoms with Crippen LogP contribution in [0.4, 0.5) is 0 Å². The van der Waals surface area contributed by atoms with Gasteiger partial charge >= 0.3 is 0 Å². The maximum Gasteiger partial charge on any atom is 0.273 e. The molecule has 1 atom stereocenters. The first kappa shape index (κ1) is 17.9. The van der Waals surface area contributed by atoms with Crippen molar-refractivity contribution in [2.75, 3.05) is 13.1 Å². The fraction of sp³-hybridized carbons (Fsp3) is 0.500. The highest BCUT2D eigenvalue weighted by Crippen LogP contribution is 2.11. The van der Waals surface area contributed by atoms with Crippen molar-refractivity contribution < 1.29 is 4.79 Å². The van der Waals surface area contributed by atoms with Gasteiger partial charge in [-0.25, -0.2) is 0 Å². The predicted molar refractivity (Wildman–Crippen MR) is 97.8 cm³/mol. The van der Waals surface area contributed by atoms with Gasteiger partial charge in [0.2, 0.25) is 0 Å². The van der Waals surface area contributed by atoms with Gasteiger partial charge in [0.15, 0.2) is 5.69 Å². The average Bonchev–Trinajstić information content (AvgIpc) is 3.10. The van der Waals surface area contributed by atoms with Gasteiger partial charge in [0.05, 0.1) is 6.20 Å². The summed E-state index contributed by atoms with van der Waals surface area (Å²) in [6.45, 7) is 2.42. The van der Waals surface area contributed by atoms with Gasteiger partial charge in [-0.15, -0.1) is 5.10 Å². The minimum atomic E-state index is -0.191. The first-order chi connectivity index (χ1) is 12.2. The molecule has 1 amide bonds. The number of piperidine rings is 1. The number of nitrogens with zero attached hydrogens (tertiary/aromatic N) is 3. The molecule has 0 aliphatic carbocycles. The number of rotatable bonds is 7. The minimum absolute atomic E-state index is 0.191. The topological polar surface area (TPSA) is 71.8 Å². The van der Waals surface area contributed by atoms with Gasteiger partial charge < -0.3 is 10.6 Å². The molecule has 7 heteroatoms. The van der Waals surface area contributed by atoms with E-state index in [9.17, 15) is 4.79 Å². The summed E-state index contributed by atoms with van der Waals surface area (Å²) in [5, 5.41) is 15.1. The van der Waals surface area contributed by atoms with Crippen molar-refractivity contribution in [2.24, 2.45) is 0 Å². The highest BCUT2D eigenvalue weighted by molar-refractivity contribution is 6.30. The Morgan fingerprint density at radius 1 is 1.40 bits per heavy atom. The van der Waals surface area contributed by atoms with Gasteiger partial charge in [0, 0.05) is 24.2 Å². The van der Waals surface area contributed by atoms with Crippen LogP contribution >= 0.6 is 11.6 Å². The Balaban J connectivity index is 1.42. The third-order valence-electron chi connectivity index (χ3n) is 4.48. The van der Waals surface area contributed by atoms with E-state index in [4.69, 9.17) is 11.6 Å². The van der Waals surface area contributed by atoms with Gasteiger partial charge in [0.25, 0.3) is 5.91 Å². The number of aryl methyl sites for hydroxylation is 1. The first-order valence-electron chi connectivity index (χ1n) is 8.87. The second-order valence-corrected chi connectivity index (χ2v) is 6.87. The summed E-state index contributed by atoms with van der Waals surface area (Å²) in [6, 6.07) is 8.20. The molecule has 1 aromatic carbocycles. The Morgan fingerprint density at radius 2 is 2.32 bits per heavy atom. The third-order valence-corrected chi connectivity index (χ3v) is 4.71. The van der Waals surface area contributed by atoms with Gasteiger partial charge in [0.1, 0.15) is 0 Å². The Kier molecular flexibility index (Phi) is 6.42. The van der Waals surface area contributed by atoms with Crippen LogP contribution in [0.25, 0.3) is 0 Å². The van der Waals surface area contributed by atoms with E-state index in [0.29, 0.717) is 23.3 Å². The molecule has 0 spiro atoms. The summed E-state index contributed by atoms with van der Waals surface area (Å²) in [5.41, 5.74) is 1.46. The minimum Gasteiger partial charge on any atom is -0.350 e. The lowest BCUT2D eigenvalue weighted by Crippen LogP contribution is -2.34. The summed E-state index contributed by atoms with van der Waals surface area (Å²) in [4.78, 5) is 12.2. The van der Waals surface area contributed by atoms with Crippen molar-refractivity contribution in [2.45, 2.75) is 44.7 Å². The van der Waals surface area contributed by atoms with Crippen molar-refractivity contribution in [3.8, 4) is 0 Å². The van der Waals surface area contributed by atoms with Gasteiger partial charge in [-0.2, -0.15) is 0 Å². The van der Waals surface area contributed by atoms with Crippen LogP contribution in [0.15, 0.2) is 30.5 Å². The number of carbonyl (C=O) groups is 1. The van der Waals surface area contributed by atoms with Gasteiger partial charge in [-0.1, -0.05) is 35.4 Å². The lowest BCUT2D eigenvalue weighted by molar-refractivity contribution is 0.0949. The largest absolute Gasteiger partial charge is 0.350 e. The van der Waals surface area contributed by atoms with E-state index in [-0.39, 0.29) is 5.91 Å². The number of carbonyl (C=O) groups excluding carboxylic acids is 1. The zero-order chi connectivity index (χ0) is 17.5. The lowest BCUT2D eigenvalue weighted by Gasteiger charge is -2.23. The van der Waals surface area contributed by atoms with Crippen LogP contribution in [0.2, 0.25) is 5.02 Å². The Morgan fingerprint density at radius 3 is 3.12 bits per heavy atom. The van der Waals surface area contributed by atoms with Crippen LogP contribution < -0.4 is 10.6 Å². The summed E-state index contributed by atoms with van der Waals surface area (Å²) < 4.78 is 1.75. The quantitative estimate of drug-likeness (QED) is 0.794. The molecule has 2 aromatic rings. The highest BCUT2D eigenvalue weighted by Gasteiger charge is 2.14. The monoisotopic (exact) mass is 361 g/mol. The molecule has 0 saturated carbocycles. The number of halogens is 1. The predicted octanol–water partition coefficient (Wildman–Crippen LogP) is 2.44. The Bertz CT molecular complexity index is 696. The van der Waals surface area contributed by atoms with Crippen molar-refractivity contribution in [1.29, 1.82) is 0 Å². The van der Waals surface area contributed by atoms with Crippen LogP contribution in [-0.4, -0.2) is 40.0 Å². The zero-order valence-electron chi connectivity index (χ0n) is 14.2. The van der Waals surface area contributed by atoms with Gasteiger partial charge in [-0.05, 0) is 49.9 Å². The molecule has 1 fully saturated rings. The van der Waals surface area contributed by atoms with E-state index in [0.717, 1.165) is 31.5 Å². The SMILES string of the molecule is O=C(NCCc1cccc(Cl)c1)c1cn(CCC2CCCCN2)nn1. The second kappa shape index (κ2) is 8.97. The molecule has 3 rings (SSSR count). The first-order valence-corrected chi connectivity index (χ1v) is 9.24. The molecule has 2 heterocycles. The fourth-order valence-corrected chi connectivity index (χ4v) is 3.29. The van der Waals surface area contributed by atoms with Crippen molar-refractivity contribution in [3.05, 3.63) is 46.7 Å². The van der Waals surface area contributed by atoms with Gasteiger partial charge in [-0.3, -0.25) is 9.48 Å². The van der Waals surface area contributed by atoms with E-state index in [1.807, 2.05) is 24.3 Å². The third kappa shape index (κ3) is 5.54. The van der Waals surface area contributed by atoms with Crippen LogP contribution in [0.1, 0.15) is 41.7 Å². The van der Waals surface area contributed by atoms with Crippen molar-refractivity contribution >= 4 is 17.5 Å². The van der Waals surface area contributed by atoms with Crippen molar-refractivity contribution in [1.82, 2.24) is 25.6 Å². The van der Waals surface area contributed by atoms with Crippen LogP contribution in [0.3, 0.4) is 0 Å². The second-order valence-electron chi connectivity index (χ2n) is 6.44. The fourth-order valence-electron chi connectivity index (χ4n) is 3.07. The molecule has 6 nitrogen and oxygen atoms in total. The van der Waals surface area contributed by atoms with Crippen LogP contribution in [0.5, 0.6) is 0 Å². The van der Waals surface area contributed by atoms with E-state index in [2.05, 4.69) is 20.9 Å². The summed E-state index contributed by atoms with van der Waals surface area (Å²) in [5.74, 6) is -0.191. The number of aromatic nitrogens is 3. The molecule has 134 valence electrons. The molecular formula is C18H24ClN5O. The number of nitrogens with one attached hydrogen (secondary N) is 2.